The number of carbonyl (C=O) groups excluding carboxylic acids is 2. The van der Waals surface area contributed by atoms with Crippen LogP contribution in [0.25, 0.3) is 0 Å². The molecule has 2 amide bonds. The molecule has 1 saturated heterocycles. The van der Waals surface area contributed by atoms with Crippen LogP contribution in [-0.4, -0.2) is 25.0 Å². The summed E-state index contributed by atoms with van der Waals surface area (Å²) in [6, 6.07) is 16.7. The average molecular weight is 488 g/mol. The van der Waals surface area contributed by atoms with Crippen LogP contribution in [0.4, 0.5) is 13.2 Å². The predicted octanol–water partition coefficient (Wildman–Crippen LogP) is 4.39. The van der Waals surface area contributed by atoms with Gasteiger partial charge < -0.3 is 13.9 Å². The second-order valence-corrected chi connectivity index (χ2v) is 8.05. The van der Waals surface area contributed by atoms with E-state index < -0.39 is 29.0 Å². The SMILES string of the molecule is O=C(NNC(=O)C1(c2cccc(C(F)(F)F)c2)CCOCC1)c1ccc(COc2ccccc2)o1. The van der Waals surface area contributed by atoms with Crippen LogP contribution in [-0.2, 0) is 27.7 Å². The lowest BCUT2D eigenvalue weighted by atomic mass is 9.73. The van der Waals surface area contributed by atoms with Crippen LogP contribution in [0.3, 0.4) is 0 Å². The number of carbonyl (C=O) groups is 2. The lowest BCUT2D eigenvalue weighted by molar-refractivity contribution is -0.138. The molecule has 184 valence electrons. The van der Waals surface area contributed by atoms with Crippen molar-refractivity contribution in [3.05, 3.63) is 89.4 Å². The second-order valence-electron chi connectivity index (χ2n) is 8.05. The van der Waals surface area contributed by atoms with Gasteiger partial charge in [0.2, 0.25) is 5.91 Å². The van der Waals surface area contributed by atoms with Crippen molar-refractivity contribution < 1.29 is 36.7 Å². The first kappa shape index (κ1) is 24.3. The zero-order valence-electron chi connectivity index (χ0n) is 18.6. The van der Waals surface area contributed by atoms with Gasteiger partial charge in [0, 0.05) is 13.2 Å². The van der Waals surface area contributed by atoms with Crippen LogP contribution in [0.15, 0.2) is 71.1 Å². The third kappa shape index (κ3) is 5.65. The molecule has 0 aliphatic carbocycles. The summed E-state index contributed by atoms with van der Waals surface area (Å²) in [5, 5.41) is 0. The average Bonchev–Trinajstić information content (AvgIpc) is 3.36. The maximum Gasteiger partial charge on any atom is 0.416 e. The van der Waals surface area contributed by atoms with E-state index in [1.165, 1.54) is 18.2 Å². The smallest absolute Gasteiger partial charge is 0.416 e. The monoisotopic (exact) mass is 488 g/mol. The Morgan fingerprint density at radius 2 is 1.69 bits per heavy atom. The number of para-hydroxylation sites is 1. The normalized spacial score (nSPS) is 15.3. The second kappa shape index (κ2) is 10.2. The largest absolute Gasteiger partial charge is 0.486 e. The highest BCUT2D eigenvalue weighted by Gasteiger charge is 2.43. The Hall–Kier alpha value is -3.79. The van der Waals surface area contributed by atoms with E-state index in [4.69, 9.17) is 13.9 Å². The van der Waals surface area contributed by atoms with Crippen LogP contribution < -0.4 is 15.6 Å². The zero-order valence-corrected chi connectivity index (χ0v) is 18.6. The molecule has 35 heavy (non-hydrogen) atoms. The molecule has 2 aromatic carbocycles. The van der Waals surface area contributed by atoms with E-state index in [1.54, 1.807) is 18.2 Å². The van der Waals surface area contributed by atoms with Crippen molar-refractivity contribution in [2.45, 2.75) is 31.0 Å². The number of hydrogen-bond donors (Lipinski definition) is 2. The number of furan rings is 1. The van der Waals surface area contributed by atoms with Gasteiger partial charge in [-0.15, -0.1) is 0 Å². The van der Waals surface area contributed by atoms with Gasteiger partial charge in [0.15, 0.2) is 5.76 Å². The van der Waals surface area contributed by atoms with Crippen molar-refractivity contribution in [2.75, 3.05) is 13.2 Å². The van der Waals surface area contributed by atoms with E-state index in [1.807, 2.05) is 18.2 Å². The molecule has 1 aliphatic heterocycles. The molecule has 0 bridgehead atoms. The van der Waals surface area contributed by atoms with Gasteiger partial charge in [0.25, 0.3) is 0 Å². The molecule has 0 atom stereocenters. The minimum atomic E-state index is -4.55. The van der Waals surface area contributed by atoms with E-state index in [0.29, 0.717) is 11.5 Å². The highest BCUT2D eigenvalue weighted by atomic mass is 19.4. The van der Waals surface area contributed by atoms with Crippen LogP contribution in [0.2, 0.25) is 0 Å². The summed E-state index contributed by atoms with van der Waals surface area (Å²) in [7, 11) is 0. The van der Waals surface area contributed by atoms with Crippen LogP contribution in [0, 0.1) is 0 Å². The lowest BCUT2D eigenvalue weighted by Crippen LogP contribution is -2.53. The number of amides is 2. The lowest BCUT2D eigenvalue weighted by Gasteiger charge is -2.36. The van der Waals surface area contributed by atoms with Gasteiger partial charge in [-0.1, -0.05) is 36.4 Å². The fraction of sp³-hybridized carbons (Fsp3) is 0.280. The standard InChI is InChI=1S/C25H23F3N2O5/c26-25(27,28)18-6-4-5-17(15-18)24(11-13-33-14-12-24)23(32)30-29-22(31)21-10-9-20(35-21)16-34-19-7-2-1-3-8-19/h1-10,15H,11-14,16H2,(H,29,31)(H,30,32). The Labute approximate surface area is 199 Å². The number of nitrogens with one attached hydrogen (secondary N) is 2. The van der Waals surface area contributed by atoms with Crippen molar-refractivity contribution in [3.8, 4) is 5.75 Å². The molecule has 3 aromatic rings. The summed E-state index contributed by atoms with van der Waals surface area (Å²) in [6.07, 6.45) is -4.22. The quantitative estimate of drug-likeness (QED) is 0.503. The molecule has 10 heteroatoms. The van der Waals surface area contributed by atoms with Gasteiger partial charge in [-0.2, -0.15) is 13.2 Å². The zero-order chi connectivity index (χ0) is 24.9. The van der Waals surface area contributed by atoms with Crippen LogP contribution in [0.5, 0.6) is 5.75 Å². The van der Waals surface area contributed by atoms with Crippen molar-refractivity contribution in [1.82, 2.24) is 10.9 Å². The Balaban J connectivity index is 1.42. The summed E-state index contributed by atoms with van der Waals surface area (Å²) < 4.78 is 56.1. The van der Waals surface area contributed by atoms with Gasteiger partial charge >= 0.3 is 12.1 Å². The van der Waals surface area contributed by atoms with E-state index in [9.17, 15) is 22.8 Å². The van der Waals surface area contributed by atoms with Crippen molar-refractivity contribution >= 4 is 11.8 Å². The first-order chi connectivity index (χ1) is 16.8. The summed E-state index contributed by atoms with van der Waals surface area (Å²) >= 11 is 0. The Bertz CT molecular complexity index is 1170. The Morgan fingerprint density at radius 3 is 2.40 bits per heavy atom. The fourth-order valence-corrected chi connectivity index (χ4v) is 3.90. The molecular weight excluding hydrogens is 465 g/mol. The molecule has 2 heterocycles. The van der Waals surface area contributed by atoms with Crippen molar-refractivity contribution in [1.29, 1.82) is 0 Å². The first-order valence-electron chi connectivity index (χ1n) is 10.9. The minimum Gasteiger partial charge on any atom is -0.486 e. The maximum absolute atomic E-state index is 13.3. The molecule has 0 radical (unpaired) electrons. The highest BCUT2D eigenvalue weighted by Crippen LogP contribution is 2.38. The molecule has 1 fully saturated rings. The van der Waals surface area contributed by atoms with Gasteiger partial charge in [-0.25, -0.2) is 0 Å². The fourth-order valence-electron chi connectivity index (χ4n) is 3.90. The van der Waals surface area contributed by atoms with E-state index in [2.05, 4.69) is 10.9 Å². The third-order valence-electron chi connectivity index (χ3n) is 5.82. The van der Waals surface area contributed by atoms with Crippen molar-refractivity contribution in [3.63, 3.8) is 0 Å². The number of halogens is 3. The topological polar surface area (TPSA) is 89.8 Å². The molecule has 0 saturated carbocycles. The van der Waals surface area contributed by atoms with Crippen LogP contribution >= 0.6 is 0 Å². The summed E-state index contributed by atoms with van der Waals surface area (Å²) in [4.78, 5) is 25.7. The summed E-state index contributed by atoms with van der Waals surface area (Å²) in [5.41, 5.74) is 2.71. The number of ether oxygens (including phenoxy) is 2. The highest BCUT2D eigenvalue weighted by molar-refractivity contribution is 5.95. The molecule has 1 aromatic heterocycles. The van der Waals surface area contributed by atoms with Gasteiger partial charge in [0.05, 0.1) is 11.0 Å². The van der Waals surface area contributed by atoms with E-state index in [0.717, 1.165) is 12.1 Å². The number of hydrogen-bond acceptors (Lipinski definition) is 5. The first-order valence-corrected chi connectivity index (χ1v) is 10.9. The van der Waals surface area contributed by atoms with Gasteiger partial charge in [-0.05, 0) is 48.7 Å². The molecule has 0 unspecified atom stereocenters. The van der Waals surface area contributed by atoms with Crippen molar-refractivity contribution in [2.24, 2.45) is 0 Å². The Morgan fingerprint density at radius 1 is 0.943 bits per heavy atom. The van der Waals surface area contributed by atoms with Gasteiger partial charge in [0.1, 0.15) is 18.1 Å². The molecule has 7 nitrogen and oxygen atoms in total. The summed E-state index contributed by atoms with van der Waals surface area (Å²) in [5.74, 6) is -0.367. The Kier molecular flexibility index (Phi) is 7.11. The number of alkyl halides is 3. The minimum absolute atomic E-state index is 0.0583. The molecule has 4 rings (SSSR count). The summed E-state index contributed by atoms with van der Waals surface area (Å²) in [6.45, 7) is 0.490. The van der Waals surface area contributed by atoms with E-state index in [-0.39, 0.29) is 44.0 Å². The number of rotatable bonds is 6. The molecule has 0 spiro atoms. The van der Waals surface area contributed by atoms with Gasteiger partial charge in [-0.3, -0.25) is 20.4 Å². The maximum atomic E-state index is 13.3. The molecular formula is C25H23F3N2O5. The molecule has 2 N–H and O–H groups in total. The number of hydrazine groups is 1. The predicted molar refractivity (Wildman–Crippen MR) is 118 cm³/mol. The molecule has 1 aliphatic rings. The van der Waals surface area contributed by atoms with E-state index >= 15 is 0 Å². The van der Waals surface area contributed by atoms with Crippen LogP contribution in [0.1, 0.15) is 40.3 Å². The third-order valence-corrected chi connectivity index (χ3v) is 5.82. The number of benzene rings is 2.